The molecule has 0 bridgehead atoms. The van der Waals surface area contributed by atoms with E-state index < -0.39 is 11.6 Å². The van der Waals surface area contributed by atoms with E-state index >= 15 is 0 Å². The first-order valence-corrected chi connectivity index (χ1v) is 13.0. The summed E-state index contributed by atoms with van der Waals surface area (Å²) in [5.74, 6) is -1.25. The van der Waals surface area contributed by atoms with Gasteiger partial charge < -0.3 is 20.5 Å². The number of ether oxygens (including phenoxy) is 1. The van der Waals surface area contributed by atoms with E-state index in [1.807, 2.05) is 11.0 Å². The minimum atomic E-state index is -0.586. The highest BCUT2D eigenvalue weighted by Crippen LogP contribution is 2.36. The molecule has 1 aliphatic rings. The van der Waals surface area contributed by atoms with Crippen LogP contribution >= 0.6 is 0 Å². The first-order valence-electron chi connectivity index (χ1n) is 13.0. The molecule has 0 aliphatic carbocycles. The molecule has 41 heavy (non-hydrogen) atoms. The Kier molecular flexibility index (Phi) is 8.01. The fraction of sp³-hybridized carbons (Fsp3) is 0.226. The fourth-order valence-electron chi connectivity index (χ4n) is 5.26. The molecular formula is C31H27F2N5O3. The normalized spacial score (nSPS) is 16.4. The average Bonchev–Trinajstić information content (AvgIpc) is 3.37. The quantitative estimate of drug-likeness (QED) is 0.309. The lowest BCUT2D eigenvalue weighted by Crippen LogP contribution is -2.34. The number of aromatic nitrogens is 2. The third-order valence-corrected chi connectivity index (χ3v) is 7.19. The molecule has 2 heterocycles. The van der Waals surface area contributed by atoms with Gasteiger partial charge in [-0.1, -0.05) is 24.3 Å². The molecule has 0 unspecified atom stereocenters. The molecule has 2 atom stereocenters. The number of nitrogens with two attached hydrogens (primary N) is 1. The summed E-state index contributed by atoms with van der Waals surface area (Å²) in [7, 11) is 1.41. The van der Waals surface area contributed by atoms with Crippen LogP contribution in [0.1, 0.15) is 28.0 Å². The third-order valence-electron chi connectivity index (χ3n) is 7.19. The highest BCUT2D eigenvalue weighted by Gasteiger charge is 2.32. The predicted octanol–water partition coefficient (Wildman–Crippen LogP) is 4.29. The van der Waals surface area contributed by atoms with Crippen molar-refractivity contribution in [3.63, 3.8) is 0 Å². The molecule has 0 radical (unpaired) electrons. The van der Waals surface area contributed by atoms with Crippen molar-refractivity contribution in [3.05, 3.63) is 95.3 Å². The summed E-state index contributed by atoms with van der Waals surface area (Å²) in [6, 6.07) is 16.7. The van der Waals surface area contributed by atoms with E-state index in [0.29, 0.717) is 29.8 Å². The van der Waals surface area contributed by atoms with E-state index in [1.165, 1.54) is 49.7 Å². The maximum absolute atomic E-state index is 14.9. The molecule has 0 spiro atoms. The molecule has 1 saturated heterocycles. The van der Waals surface area contributed by atoms with E-state index in [9.17, 15) is 23.9 Å². The number of benzene rings is 3. The second-order valence-corrected chi connectivity index (χ2v) is 9.78. The molecule has 3 aromatic carbocycles. The first-order chi connectivity index (χ1) is 19.8. The number of nitriles is 1. The molecule has 0 saturated carbocycles. The van der Waals surface area contributed by atoms with Crippen molar-refractivity contribution in [2.45, 2.75) is 24.9 Å². The molecule has 1 aliphatic heterocycles. The van der Waals surface area contributed by atoms with Crippen LogP contribution in [0, 0.1) is 23.0 Å². The van der Waals surface area contributed by atoms with Gasteiger partial charge in [0.15, 0.2) is 11.6 Å². The maximum Gasteiger partial charge on any atom is 0.185 e. The summed E-state index contributed by atoms with van der Waals surface area (Å²) in [4.78, 5) is 23.9. The number of hydrogen-bond acceptors (Lipinski definition) is 8. The van der Waals surface area contributed by atoms with Crippen molar-refractivity contribution in [1.29, 1.82) is 5.26 Å². The largest absolute Gasteiger partial charge is 0.496 e. The highest BCUT2D eigenvalue weighted by atomic mass is 19.1. The van der Waals surface area contributed by atoms with Crippen molar-refractivity contribution in [2.24, 2.45) is 5.73 Å². The Morgan fingerprint density at radius 3 is 2.63 bits per heavy atom. The van der Waals surface area contributed by atoms with Crippen molar-refractivity contribution >= 4 is 11.5 Å². The Morgan fingerprint density at radius 1 is 1.15 bits per heavy atom. The lowest BCUT2D eigenvalue weighted by molar-refractivity contribution is 0.0988. The number of Topliss-reactive ketones (excluding diaryl/α,β-unsaturated/α-hetero) is 1. The Bertz CT molecular complexity index is 1660. The molecule has 5 rings (SSSR count). The van der Waals surface area contributed by atoms with Crippen molar-refractivity contribution in [1.82, 2.24) is 9.97 Å². The molecule has 4 aromatic rings. The van der Waals surface area contributed by atoms with Gasteiger partial charge in [-0.3, -0.25) is 4.79 Å². The lowest BCUT2D eigenvalue weighted by Gasteiger charge is -2.28. The molecule has 10 heteroatoms. The van der Waals surface area contributed by atoms with E-state index in [4.69, 9.17) is 10.5 Å². The molecule has 8 nitrogen and oxygen atoms in total. The van der Waals surface area contributed by atoms with Crippen LogP contribution in [0.3, 0.4) is 0 Å². The van der Waals surface area contributed by atoms with Gasteiger partial charge >= 0.3 is 0 Å². The summed E-state index contributed by atoms with van der Waals surface area (Å²) in [5, 5.41) is 19.6. The van der Waals surface area contributed by atoms with Gasteiger partial charge in [-0.25, -0.2) is 18.7 Å². The monoisotopic (exact) mass is 555 g/mol. The van der Waals surface area contributed by atoms with Gasteiger partial charge in [-0.2, -0.15) is 5.26 Å². The number of halogens is 2. The average molecular weight is 556 g/mol. The minimum Gasteiger partial charge on any atom is -0.496 e. The zero-order valence-electron chi connectivity index (χ0n) is 22.2. The second kappa shape index (κ2) is 11.8. The lowest BCUT2D eigenvalue weighted by atomic mass is 9.95. The molecule has 1 aromatic heterocycles. The third kappa shape index (κ3) is 5.50. The number of aliphatic hydroxyl groups excluding tert-OH is 1. The number of methoxy groups -OCH3 is 1. The van der Waals surface area contributed by atoms with Crippen LogP contribution in [0.4, 0.5) is 14.5 Å². The van der Waals surface area contributed by atoms with Crippen LogP contribution in [0.2, 0.25) is 0 Å². The number of carbonyl (C=O) groups excluding carboxylic acids is 1. The maximum atomic E-state index is 14.9. The highest BCUT2D eigenvalue weighted by molar-refractivity contribution is 5.97. The first kappa shape index (κ1) is 27.8. The molecule has 208 valence electrons. The summed E-state index contributed by atoms with van der Waals surface area (Å²) in [6.07, 6.45) is 1.83. The standard InChI is InChI=1S/C31H27F2N5O3/c1-41-28-7-3-6-24(33)30(28)31-36-11-10-25(37-31)27(40)13-18-8-9-19(29-20(15-34)4-2-5-23(29)32)12-26(18)38-16-21(35)14-22(38)17-39/h2-12,21-22,39H,13-14,16-17,35H2,1H3/t21-,22-/m0/s1. The Hall–Kier alpha value is -4.72. The number of nitrogens with zero attached hydrogens (tertiary/aromatic N) is 4. The fourth-order valence-corrected chi connectivity index (χ4v) is 5.26. The zero-order chi connectivity index (χ0) is 29.1. The molecule has 1 fully saturated rings. The number of anilines is 1. The molecular weight excluding hydrogens is 528 g/mol. The van der Waals surface area contributed by atoms with Crippen LogP contribution < -0.4 is 15.4 Å². The van der Waals surface area contributed by atoms with Gasteiger partial charge in [0.25, 0.3) is 0 Å². The summed E-state index contributed by atoms with van der Waals surface area (Å²) >= 11 is 0. The number of aliphatic hydroxyl groups is 1. The van der Waals surface area contributed by atoms with Crippen LogP contribution in [-0.2, 0) is 6.42 Å². The summed E-state index contributed by atoms with van der Waals surface area (Å²) in [5.41, 5.74) is 8.32. The van der Waals surface area contributed by atoms with Gasteiger partial charge in [0.05, 0.1) is 37.0 Å². The van der Waals surface area contributed by atoms with Gasteiger partial charge in [0.2, 0.25) is 0 Å². The second-order valence-electron chi connectivity index (χ2n) is 9.78. The molecule has 3 N–H and O–H groups in total. The van der Waals surface area contributed by atoms with Gasteiger partial charge in [0, 0.05) is 36.5 Å². The Morgan fingerprint density at radius 2 is 1.90 bits per heavy atom. The SMILES string of the molecule is COc1cccc(F)c1-c1nccc(C(=O)Cc2ccc(-c3c(F)cccc3C#N)cc2N2C[C@@H](N)C[C@H]2CO)n1. The van der Waals surface area contributed by atoms with E-state index in [-0.39, 0.29) is 64.9 Å². The van der Waals surface area contributed by atoms with E-state index in [2.05, 4.69) is 9.97 Å². The number of ketones is 1. The summed E-state index contributed by atoms with van der Waals surface area (Å²) < 4.78 is 34.8. The topological polar surface area (TPSA) is 125 Å². The van der Waals surface area contributed by atoms with E-state index in [1.54, 1.807) is 24.3 Å². The number of carbonyl (C=O) groups is 1. The van der Waals surface area contributed by atoms with Gasteiger partial charge in [-0.05, 0) is 53.9 Å². The molecule has 0 amide bonds. The van der Waals surface area contributed by atoms with Crippen LogP contribution in [0.25, 0.3) is 22.5 Å². The van der Waals surface area contributed by atoms with Crippen molar-refractivity contribution < 1.29 is 23.4 Å². The van der Waals surface area contributed by atoms with Crippen molar-refractivity contribution in [2.75, 3.05) is 25.2 Å². The van der Waals surface area contributed by atoms with Crippen LogP contribution in [0.5, 0.6) is 5.75 Å². The smallest absolute Gasteiger partial charge is 0.185 e. The number of rotatable bonds is 8. The zero-order valence-corrected chi connectivity index (χ0v) is 22.2. The minimum absolute atomic E-state index is 0.0100. The summed E-state index contributed by atoms with van der Waals surface area (Å²) in [6.45, 7) is 0.261. The Labute approximate surface area is 235 Å². The van der Waals surface area contributed by atoms with Gasteiger partial charge in [0.1, 0.15) is 23.1 Å². The van der Waals surface area contributed by atoms with Crippen molar-refractivity contribution in [3.8, 4) is 34.3 Å². The number of hydrogen-bond donors (Lipinski definition) is 2. The van der Waals surface area contributed by atoms with Gasteiger partial charge in [-0.15, -0.1) is 0 Å². The Balaban J connectivity index is 1.55. The van der Waals surface area contributed by atoms with E-state index in [0.717, 1.165) is 0 Å². The predicted molar refractivity (Wildman–Crippen MR) is 149 cm³/mol. The van der Waals surface area contributed by atoms with Crippen LogP contribution in [0.15, 0.2) is 66.9 Å². The van der Waals surface area contributed by atoms with Crippen LogP contribution in [-0.4, -0.2) is 53.2 Å².